The number of sulfonamides is 1. The fraction of sp³-hybridized carbons (Fsp3) is 0.103. The largest absolute Gasteiger partial charge is 0.459 e. The van der Waals surface area contributed by atoms with Gasteiger partial charge in [0.1, 0.15) is 17.3 Å². The van der Waals surface area contributed by atoms with Gasteiger partial charge in [-0.3, -0.25) is 4.72 Å². The Morgan fingerprint density at radius 2 is 1.55 bits per heavy atom. The van der Waals surface area contributed by atoms with E-state index in [2.05, 4.69) is 14.7 Å². The van der Waals surface area contributed by atoms with E-state index < -0.39 is 16.0 Å². The predicted molar refractivity (Wildman–Crippen MR) is 146 cm³/mol. The Balaban J connectivity index is 1.32. The van der Waals surface area contributed by atoms with Crippen LogP contribution in [0.15, 0.2) is 102 Å². The van der Waals surface area contributed by atoms with Gasteiger partial charge in [0.05, 0.1) is 27.6 Å². The summed E-state index contributed by atoms with van der Waals surface area (Å²) in [5.41, 5.74) is 2.72. The van der Waals surface area contributed by atoms with Gasteiger partial charge in [0.2, 0.25) is 0 Å². The summed E-state index contributed by atoms with van der Waals surface area (Å²) in [7, 11) is -3.88. The van der Waals surface area contributed by atoms with Crippen molar-refractivity contribution in [1.82, 2.24) is 9.97 Å². The molecule has 5 rings (SSSR count). The summed E-state index contributed by atoms with van der Waals surface area (Å²) < 4.78 is 39.6. The topological polar surface area (TPSA) is 110 Å². The minimum atomic E-state index is -3.88. The van der Waals surface area contributed by atoms with Gasteiger partial charge in [-0.05, 0) is 92.7 Å². The molecule has 0 bridgehead atoms. The summed E-state index contributed by atoms with van der Waals surface area (Å²) in [5.74, 6) is 1.59. The summed E-state index contributed by atoms with van der Waals surface area (Å²) in [6.45, 7) is 3.52. The van der Waals surface area contributed by atoms with Crippen LogP contribution in [0.3, 0.4) is 0 Å². The van der Waals surface area contributed by atoms with Gasteiger partial charge in [0.15, 0.2) is 0 Å². The van der Waals surface area contributed by atoms with Gasteiger partial charge in [-0.25, -0.2) is 18.2 Å². The molecule has 0 aliphatic rings. The highest BCUT2D eigenvalue weighted by molar-refractivity contribution is 7.92. The number of esters is 1. The Hall–Kier alpha value is -4.63. The zero-order valence-electron chi connectivity index (χ0n) is 20.7. The number of carbonyl (C=O) groups is 1. The number of rotatable bonds is 8. The number of aromatic amines is 1. The zero-order chi connectivity index (χ0) is 26.7. The molecule has 0 aliphatic carbocycles. The Morgan fingerprint density at radius 3 is 2.24 bits per heavy atom. The lowest BCUT2D eigenvalue weighted by Crippen LogP contribution is -2.14. The highest BCUT2D eigenvalue weighted by atomic mass is 32.2. The van der Waals surface area contributed by atoms with E-state index in [-0.39, 0.29) is 11.0 Å². The van der Waals surface area contributed by atoms with Crippen LogP contribution in [0.5, 0.6) is 11.5 Å². The molecular formula is C29H25N3O5S. The summed E-state index contributed by atoms with van der Waals surface area (Å²) >= 11 is 0. The molecule has 8 nitrogen and oxygen atoms in total. The highest BCUT2D eigenvalue weighted by Crippen LogP contribution is 2.27. The van der Waals surface area contributed by atoms with Crippen LogP contribution >= 0.6 is 0 Å². The van der Waals surface area contributed by atoms with Crippen molar-refractivity contribution < 1.29 is 22.7 Å². The molecular weight excluding hydrogens is 502 g/mol. The third kappa shape index (κ3) is 5.68. The Kier molecular flexibility index (Phi) is 6.85. The molecule has 1 heterocycles. The molecule has 0 unspecified atom stereocenters. The second-order valence-corrected chi connectivity index (χ2v) is 10.5. The Morgan fingerprint density at radius 1 is 0.868 bits per heavy atom. The second-order valence-electron chi connectivity index (χ2n) is 8.84. The van der Waals surface area contributed by atoms with E-state index in [0.717, 1.165) is 11.3 Å². The van der Waals surface area contributed by atoms with Gasteiger partial charge in [0, 0.05) is 11.3 Å². The molecule has 4 aromatic carbocycles. The number of anilines is 1. The predicted octanol–water partition coefficient (Wildman–Crippen LogP) is 6.39. The summed E-state index contributed by atoms with van der Waals surface area (Å²) in [6, 6.07) is 27.7. The van der Waals surface area contributed by atoms with Crippen LogP contribution in [0.2, 0.25) is 0 Å². The number of ether oxygens (including phenoxy) is 2. The van der Waals surface area contributed by atoms with E-state index >= 15 is 0 Å². The average molecular weight is 528 g/mol. The van der Waals surface area contributed by atoms with Crippen LogP contribution in [0.25, 0.3) is 22.4 Å². The number of nitrogens with one attached hydrogen (secondary N) is 2. The van der Waals surface area contributed by atoms with Crippen LogP contribution in [-0.2, 0) is 14.8 Å². The van der Waals surface area contributed by atoms with Gasteiger partial charge in [-0.15, -0.1) is 0 Å². The number of nitrogens with zero attached hydrogens (tertiary/aromatic N) is 1. The fourth-order valence-corrected chi connectivity index (χ4v) is 4.85. The zero-order valence-corrected chi connectivity index (χ0v) is 21.5. The Bertz CT molecular complexity index is 1680. The van der Waals surface area contributed by atoms with Gasteiger partial charge in [-0.1, -0.05) is 18.2 Å². The van der Waals surface area contributed by atoms with Crippen LogP contribution < -0.4 is 9.46 Å². The third-order valence-corrected chi connectivity index (χ3v) is 6.96. The van der Waals surface area contributed by atoms with E-state index in [1.807, 2.05) is 54.6 Å². The first-order valence-corrected chi connectivity index (χ1v) is 13.4. The molecule has 5 aromatic rings. The monoisotopic (exact) mass is 527 g/mol. The average Bonchev–Trinajstić information content (AvgIpc) is 3.33. The molecule has 0 saturated heterocycles. The fourth-order valence-electron chi connectivity index (χ4n) is 3.77. The van der Waals surface area contributed by atoms with Crippen molar-refractivity contribution in [3.63, 3.8) is 0 Å². The lowest BCUT2D eigenvalue weighted by Gasteiger charge is -2.10. The quantitative estimate of drug-likeness (QED) is 0.226. The van der Waals surface area contributed by atoms with Crippen LogP contribution in [0.4, 0.5) is 5.69 Å². The van der Waals surface area contributed by atoms with E-state index in [1.165, 1.54) is 36.4 Å². The molecule has 38 heavy (non-hydrogen) atoms. The van der Waals surface area contributed by atoms with Crippen molar-refractivity contribution in [3.05, 3.63) is 103 Å². The van der Waals surface area contributed by atoms with Crippen molar-refractivity contribution in [2.45, 2.75) is 24.8 Å². The molecule has 9 heteroatoms. The van der Waals surface area contributed by atoms with Gasteiger partial charge >= 0.3 is 5.97 Å². The molecule has 1 aromatic heterocycles. The van der Waals surface area contributed by atoms with Gasteiger partial charge < -0.3 is 14.5 Å². The lowest BCUT2D eigenvalue weighted by atomic mass is 10.2. The molecule has 0 spiro atoms. The molecule has 0 saturated carbocycles. The first-order chi connectivity index (χ1) is 18.3. The molecule has 0 aliphatic heterocycles. The van der Waals surface area contributed by atoms with E-state index in [4.69, 9.17) is 9.47 Å². The van der Waals surface area contributed by atoms with Crippen LogP contribution in [0, 0.1) is 0 Å². The first-order valence-electron chi connectivity index (χ1n) is 11.9. The lowest BCUT2D eigenvalue weighted by molar-refractivity contribution is 0.0378. The third-order valence-electron chi connectivity index (χ3n) is 5.59. The van der Waals surface area contributed by atoms with E-state index in [0.29, 0.717) is 33.9 Å². The van der Waals surface area contributed by atoms with E-state index in [1.54, 1.807) is 19.9 Å². The Labute approximate surface area is 220 Å². The van der Waals surface area contributed by atoms with Crippen LogP contribution in [0.1, 0.15) is 24.2 Å². The number of imidazole rings is 1. The van der Waals surface area contributed by atoms with Crippen molar-refractivity contribution in [2.24, 2.45) is 0 Å². The molecule has 192 valence electrons. The maximum atomic E-state index is 13.0. The highest BCUT2D eigenvalue weighted by Gasteiger charge is 2.17. The van der Waals surface area contributed by atoms with Crippen molar-refractivity contribution >= 4 is 32.7 Å². The van der Waals surface area contributed by atoms with Crippen LogP contribution in [-0.4, -0.2) is 30.5 Å². The molecule has 2 N–H and O–H groups in total. The maximum absolute atomic E-state index is 13.0. The number of benzene rings is 4. The number of hydrogen-bond acceptors (Lipinski definition) is 6. The summed E-state index contributed by atoms with van der Waals surface area (Å²) in [5, 5.41) is 0. The minimum absolute atomic E-state index is 0.0788. The summed E-state index contributed by atoms with van der Waals surface area (Å²) in [4.78, 5) is 19.9. The second kappa shape index (κ2) is 10.4. The summed E-state index contributed by atoms with van der Waals surface area (Å²) in [6.07, 6.45) is -0.244. The number of H-pyrrole nitrogens is 1. The number of aromatic nitrogens is 2. The SMILES string of the molecule is CC(C)OC(=O)c1ccc(NS(=O)(=O)c2ccc3nc(-c4ccc(Oc5ccccc5)cc4)[nH]c3c2)cc1. The number of para-hydroxylation sites is 1. The van der Waals surface area contributed by atoms with Gasteiger partial charge in [-0.2, -0.15) is 0 Å². The van der Waals surface area contributed by atoms with Gasteiger partial charge in [0.25, 0.3) is 10.0 Å². The standard InChI is InChI=1S/C29H25N3O5S/c1-19(2)36-29(33)21-8-12-22(13-9-21)32-38(34,35)25-16-17-26-27(18-25)31-28(30-26)20-10-14-24(15-11-20)37-23-6-4-3-5-7-23/h3-19,32H,1-2H3,(H,30,31). The first kappa shape index (κ1) is 25.0. The van der Waals surface area contributed by atoms with Crippen molar-refractivity contribution in [3.8, 4) is 22.9 Å². The molecule has 0 amide bonds. The molecule has 0 atom stereocenters. The maximum Gasteiger partial charge on any atom is 0.338 e. The van der Waals surface area contributed by atoms with Crippen molar-refractivity contribution in [2.75, 3.05) is 4.72 Å². The van der Waals surface area contributed by atoms with E-state index in [9.17, 15) is 13.2 Å². The minimum Gasteiger partial charge on any atom is -0.459 e. The number of fused-ring (bicyclic) bond motifs is 1. The molecule has 0 radical (unpaired) electrons. The van der Waals surface area contributed by atoms with Crippen molar-refractivity contribution in [1.29, 1.82) is 0 Å². The normalized spacial score (nSPS) is 11.4. The molecule has 0 fully saturated rings. The smallest absolute Gasteiger partial charge is 0.338 e. The number of hydrogen-bond donors (Lipinski definition) is 2. The number of carbonyl (C=O) groups excluding carboxylic acids is 1.